The van der Waals surface area contributed by atoms with E-state index in [9.17, 15) is 8.42 Å². The third kappa shape index (κ3) is 5.23. The number of sulfonamides is 1. The summed E-state index contributed by atoms with van der Waals surface area (Å²) in [5.74, 6) is 0.559. The zero-order valence-electron chi connectivity index (χ0n) is 11.0. The van der Waals surface area contributed by atoms with Gasteiger partial charge in [0.25, 0.3) is 0 Å². The van der Waals surface area contributed by atoms with E-state index >= 15 is 0 Å². The predicted molar refractivity (Wildman–Crippen MR) is 75.5 cm³/mol. The van der Waals surface area contributed by atoms with Crippen molar-refractivity contribution < 1.29 is 17.6 Å². The monoisotopic (exact) mass is 354 g/mol. The first-order chi connectivity index (χ1) is 9.01. The standard InChI is InChI=1S/C11H19BrN2O4S/c1-3-17-6-4-5-14-19(15,16)10-7-9(8-13-2)18-11(10)12/h7,13-14H,3-6,8H2,1-2H3. The van der Waals surface area contributed by atoms with E-state index in [0.717, 1.165) is 0 Å². The molecule has 0 spiro atoms. The van der Waals surface area contributed by atoms with Gasteiger partial charge in [0.2, 0.25) is 10.0 Å². The molecular formula is C11H19BrN2O4S. The van der Waals surface area contributed by atoms with Gasteiger partial charge in [-0.2, -0.15) is 0 Å². The third-order valence-electron chi connectivity index (χ3n) is 2.31. The van der Waals surface area contributed by atoms with Crippen molar-refractivity contribution in [1.29, 1.82) is 0 Å². The molecule has 0 aliphatic carbocycles. The highest BCUT2D eigenvalue weighted by atomic mass is 79.9. The van der Waals surface area contributed by atoms with E-state index in [2.05, 4.69) is 26.0 Å². The Morgan fingerprint density at radius 2 is 2.21 bits per heavy atom. The van der Waals surface area contributed by atoms with Crippen LogP contribution in [0.5, 0.6) is 0 Å². The molecule has 0 aliphatic heterocycles. The smallest absolute Gasteiger partial charge is 0.244 e. The maximum absolute atomic E-state index is 12.0. The van der Waals surface area contributed by atoms with Gasteiger partial charge in [-0.25, -0.2) is 13.1 Å². The van der Waals surface area contributed by atoms with Crippen LogP contribution in [-0.4, -0.2) is 35.2 Å². The fourth-order valence-corrected chi connectivity index (χ4v) is 3.52. The van der Waals surface area contributed by atoms with Gasteiger partial charge in [0, 0.05) is 25.8 Å². The Morgan fingerprint density at radius 1 is 1.47 bits per heavy atom. The molecule has 0 saturated heterocycles. The molecule has 110 valence electrons. The Bertz CT molecular complexity index is 487. The van der Waals surface area contributed by atoms with Gasteiger partial charge in [0.1, 0.15) is 10.7 Å². The molecule has 1 aromatic rings. The number of nitrogens with one attached hydrogen (secondary N) is 2. The number of furan rings is 1. The highest BCUT2D eigenvalue weighted by molar-refractivity contribution is 9.10. The average Bonchev–Trinajstić information content (AvgIpc) is 2.71. The fraction of sp³-hybridized carbons (Fsp3) is 0.636. The second-order valence-electron chi connectivity index (χ2n) is 3.83. The molecule has 0 aliphatic rings. The van der Waals surface area contributed by atoms with E-state index < -0.39 is 10.0 Å². The van der Waals surface area contributed by atoms with Gasteiger partial charge in [-0.1, -0.05) is 0 Å². The van der Waals surface area contributed by atoms with Crippen LogP contribution < -0.4 is 10.0 Å². The molecule has 0 bridgehead atoms. The number of hydrogen-bond donors (Lipinski definition) is 2. The normalized spacial score (nSPS) is 11.9. The lowest BCUT2D eigenvalue weighted by Gasteiger charge is -2.05. The molecule has 0 saturated carbocycles. The molecule has 8 heteroatoms. The number of rotatable bonds is 9. The van der Waals surface area contributed by atoms with Crippen molar-refractivity contribution in [3.05, 3.63) is 16.5 Å². The Kier molecular flexibility index (Phi) is 7.01. The van der Waals surface area contributed by atoms with Crippen LogP contribution in [0.1, 0.15) is 19.1 Å². The van der Waals surface area contributed by atoms with Crippen molar-refractivity contribution in [1.82, 2.24) is 10.0 Å². The van der Waals surface area contributed by atoms with Gasteiger partial charge in [0.05, 0.1) is 6.54 Å². The molecule has 0 radical (unpaired) electrons. The van der Waals surface area contributed by atoms with E-state index in [1.54, 1.807) is 7.05 Å². The number of hydrogen-bond acceptors (Lipinski definition) is 5. The van der Waals surface area contributed by atoms with Gasteiger partial charge in [-0.15, -0.1) is 0 Å². The molecule has 1 heterocycles. The minimum Gasteiger partial charge on any atom is -0.452 e. The van der Waals surface area contributed by atoms with E-state index in [-0.39, 0.29) is 9.56 Å². The minimum absolute atomic E-state index is 0.120. The minimum atomic E-state index is -3.55. The zero-order chi connectivity index (χ0) is 14.3. The summed E-state index contributed by atoms with van der Waals surface area (Å²) in [6, 6.07) is 1.51. The van der Waals surface area contributed by atoms with Crippen molar-refractivity contribution >= 4 is 26.0 Å². The molecule has 0 fully saturated rings. The van der Waals surface area contributed by atoms with Gasteiger partial charge in [-0.05, 0) is 36.3 Å². The number of halogens is 1. The first-order valence-electron chi connectivity index (χ1n) is 6.01. The summed E-state index contributed by atoms with van der Waals surface area (Å²) in [6.07, 6.45) is 0.631. The van der Waals surface area contributed by atoms with E-state index in [0.29, 0.717) is 38.5 Å². The van der Waals surface area contributed by atoms with Crippen molar-refractivity contribution in [2.45, 2.75) is 24.8 Å². The fourth-order valence-electron chi connectivity index (χ4n) is 1.45. The van der Waals surface area contributed by atoms with Crippen molar-refractivity contribution in [3.8, 4) is 0 Å². The second kappa shape index (κ2) is 8.01. The molecular weight excluding hydrogens is 336 g/mol. The largest absolute Gasteiger partial charge is 0.452 e. The van der Waals surface area contributed by atoms with Crippen LogP contribution >= 0.6 is 15.9 Å². The Morgan fingerprint density at radius 3 is 2.84 bits per heavy atom. The average molecular weight is 355 g/mol. The molecule has 2 N–H and O–H groups in total. The lowest BCUT2D eigenvalue weighted by Crippen LogP contribution is -2.25. The Labute approximate surface area is 122 Å². The molecule has 19 heavy (non-hydrogen) atoms. The third-order valence-corrected chi connectivity index (χ3v) is 4.63. The van der Waals surface area contributed by atoms with Gasteiger partial charge in [0.15, 0.2) is 4.67 Å². The van der Waals surface area contributed by atoms with Crippen LogP contribution in [0.4, 0.5) is 0 Å². The van der Waals surface area contributed by atoms with Crippen LogP contribution in [0.25, 0.3) is 0 Å². The Hall–Kier alpha value is -0.410. The summed E-state index contributed by atoms with van der Waals surface area (Å²) in [4.78, 5) is 0.120. The molecule has 1 aromatic heterocycles. The lowest BCUT2D eigenvalue weighted by atomic mass is 10.4. The van der Waals surface area contributed by atoms with Crippen LogP contribution in [0, 0.1) is 0 Å². The molecule has 6 nitrogen and oxygen atoms in total. The molecule has 1 rings (SSSR count). The maximum Gasteiger partial charge on any atom is 0.244 e. The van der Waals surface area contributed by atoms with Gasteiger partial charge < -0.3 is 14.5 Å². The van der Waals surface area contributed by atoms with Gasteiger partial charge >= 0.3 is 0 Å². The maximum atomic E-state index is 12.0. The summed E-state index contributed by atoms with van der Waals surface area (Å²) in [7, 11) is -1.79. The van der Waals surface area contributed by atoms with Crippen molar-refractivity contribution in [2.24, 2.45) is 0 Å². The SMILES string of the molecule is CCOCCCNS(=O)(=O)c1cc(CNC)oc1Br. The van der Waals surface area contributed by atoms with Crippen LogP contribution in [0.3, 0.4) is 0 Å². The molecule has 0 unspecified atom stereocenters. The highest BCUT2D eigenvalue weighted by Gasteiger charge is 2.21. The van der Waals surface area contributed by atoms with Crippen molar-refractivity contribution in [3.63, 3.8) is 0 Å². The predicted octanol–water partition coefficient (Wildman–Crippen LogP) is 1.47. The summed E-state index contributed by atoms with van der Waals surface area (Å²) < 4.78 is 37.3. The number of ether oxygens (including phenoxy) is 1. The van der Waals surface area contributed by atoms with Crippen LogP contribution in [0.2, 0.25) is 0 Å². The quantitative estimate of drug-likeness (QED) is 0.656. The van der Waals surface area contributed by atoms with Crippen LogP contribution in [-0.2, 0) is 21.3 Å². The summed E-state index contributed by atoms with van der Waals surface area (Å²) in [5.41, 5.74) is 0. The van der Waals surface area contributed by atoms with Gasteiger partial charge in [-0.3, -0.25) is 0 Å². The zero-order valence-corrected chi connectivity index (χ0v) is 13.4. The summed E-state index contributed by atoms with van der Waals surface area (Å²) in [6.45, 7) is 3.87. The molecule has 0 atom stereocenters. The summed E-state index contributed by atoms with van der Waals surface area (Å²) in [5, 5.41) is 2.90. The van der Waals surface area contributed by atoms with Crippen molar-refractivity contribution in [2.75, 3.05) is 26.8 Å². The van der Waals surface area contributed by atoms with Crippen LogP contribution in [0.15, 0.2) is 20.0 Å². The first-order valence-corrected chi connectivity index (χ1v) is 8.29. The van der Waals surface area contributed by atoms with E-state index in [1.165, 1.54) is 6.07 Å². The Balaban J connectivity index is 2.61. The summed E-state index contributed by atoms with van der Waals surface area (Å²) >= 11 is 3.12. The lowest BCUT2D eigenvalue weighted by molar-refractivity contribution is 0.146. The topological polar surface area (TPSA) is 80.6 Å². The molecule has 0 amide bonds. The van der Waals surface area contributed by atoms with E-state index in [1.807, 2.05) is 6.92 Å². The highest BCUT2D eigenvalue weighted by Crippen LogP contribution is 2.25. The first kappa shape index (κ1) is 16.6. The van der Waals surface area contributed by atoms with E-state index in [4.69, 9.17) is 9.15 Å². The second-order valence-corrected chi connectivity index (χ2v) is 6.28. The molecule has 0 aromatic carbocycles.